The third-order valence-corrected chi connectivity index (χ3v) is 4.82. The first-order chi connectivity index (χ1) is 13.1. The fraction of sp³-hybridized carbons (Fsp3) is 0.263. The molecule has 8 heteroatoms. The van der Waals surface area contributed by atoms with Gasteiger partial charge in [0.05, 0.1) is 12.7 Å². The fourth-order valence-electron chi connectivity index (χ4n) is 3.41. The highest BCUT2D eigenvalue weighted by Crippen LogP contribution is 2.18. The van der Waals surface area contributed by atoms with Gasteiger partial charge in [-0.15, -0.1) is 0 Å². The molecule has 138 valence electrons. The zero-order valence-electron chi connectivity index (χ0n) is 14.5. The van der Waals surface area contributed by atoms with Crippen LogP contribution in [0.15, 0.2) is 41.5 Å². The highest BCUT2D eigenvalue weighted by molar-refractivity contribution is 5.98. The predicted molar refractivity (Wildman–Crippen MR) is 99.4 cm³/mol. The third kappa shape index (κ3) is 3.46. The van der Waals surface area contributed by atoms with E-state index in [1.165, 1.54) is 6.20 Å². The first kappa shape index (κ1) is 17.0. The van der Waals surface area contributed by atoms with Crippen LogP contribution in [0.1, 0.15) is 28.0 Å². The lowest BCUT2D eigenvalue weighted by atomic mass is 9.93. The standard InChI is InChI=1S/C19H19N5O3/c25-17(23-12-5-6-15-11(7-12)8-22-24-15)10-21-19(27)14-9-20-16-4-2-1-3-13(16)18(14)26/h1-4,8-9,12H,5-7,10H2,(H,20,26)(H,21,27)(H,22,24)(H,23,25). The highest BCUT2D eigenvalue weighted by Gasteiger charge is 2.22. The molecule has 2 aromatic heterocycles. The zero-order chi connectivity index (χ0) is 18.8. The van der Waals surface area contributed by atoms with Crippen LogP contribution in [0.2, 0.25) is 0 Å². The molecule has 3 aromatic rings. The maximum absolute atomic E-state index is 12.4. The molecule has 0 saturated carbocycles. The quantitative estimate of drug-likeness (QED) is 0.543. The van der Waals surface area contributed by atoms with Crippen LogP contribution in [-0.4, -0.2) is 39.6 Å². The van der Waals surface area contributed by atoms with Crippen molar-refractivity contribution < 1.29 is 9.59 Å². The zero-order valence-corrected chi connectivity index (χ0v) is 14.5. The van der Waals surface area contributed by atoms with E-state index in [1.807, 2.05) is 0 Å². The summed E-state index contributed by atoms with van der Waals surface area (Å²) in [7, 11) is 0. The Morgan fingerprint density at radius 1 is 1.26 bits per heavy atom. The lowest BCUT2D eigenvalue weighted by molar-refractivity contribution is -0.120. The molecule has 2 amide bonds. The third-order valence-electron chi connectivity index (χ3n) is 4.82. The number of amides is 2. The van der Waals surface area contributed by atoms with Gasteiger partial charge in [0.2, 0.25) is 11.3 Å². The molecule has 0 bridgehead atoms. The monoisotopic (exact) mass is 365 g/mol. The lowest BCUT2D eigenvalue weighted by Gasteiger charge is -2.22. The number of carbonyl (C=O) groups excluding carboxylic acids is 2. The first-order valence-corrected chi connectivity index (χ1v) is 8.81. The van der Waals surface area contributed by atoms with Gasteiger partial charge in [-0.2, -0.15) is 5.10 Å². The van der Waals surface area contributed by atoms with Crippen LogP contribution in [0.5, 0.6) is 0 Å². The van der Waals surface area contributed by atoms with Crippen LogP contribution in [0.4, 0.5) is 0 Å². The highest BCUT2D eigenvalue weighted by atomic mass is 16.2. The van der Waals surface area contributed by atoms with E-state index in [1.54, 1.807) is 30.5 Å². The normalized spacial score (nSPS) is 15.9. The number of hydrogen-bond acceptors (Lipinski definition) is 4. The van der Waals surface area contributed by atoms with Gasteiger partial charge in [0.25, 0.3) is 5.91 Å². The number of pyridine rings is 1. The Bertz CT molecular complexity index is 1070. The van der Waals surface area contributed by atoms with E-state index < -0.39 is 5.91 Å². The summed E-state index contributed by atoms with van der Waals surface area (Å²) < 4.78 is 0. The first-order valence-electron chi connectivity index (χ1n) is 8.81. The van der Waals surface area contributed by atoms with Crippen LogP contribution in [-0.2, 0) is 17.6 Å². The SMILES string of the molecule is O=C(CNC(=O)c1c[nH]c2ccccc2c1=O)NC1CCc2[nH]ncc2C1. The van der Waals surface area contributed by atoms with Crippen molar-refractivity contribution in [2.75, 3.05) is 6.54 Å². The number of carbonyl (C=O) groups is 2. The number of aryl methyl sites for hydroxylation is 1. The topological polar surface area (TPSA) is 120 Å². The summed E-state index contributed by atoms with van der Waals surface area (Å²) in [5.74, 6) is -0.851. The second kappa shape index (κ2) is 7.06. The van der Waals surface area contributed by atoms with Crippen molar-refractivity contribution in [2.24, 2.45) is 0 Å². The Labute approximate surface area is 154 Å². The van der Waals surface area contributed by atoms with Crippen LogP contribution in [0, 0.1) is 0 Å². The molecule has 27 heavy (non-hydrogen) atoms. The number of nitrogens with zero attached hydrogens (tertiary/aromatic N) is 1. The van der Waals surface area contributed by atoms with E-state index in [9.17, 15) is 14.4 Å². The number of hydrogen-bond donors (Lipinski definition) is 4. The number of aromatic nitrogens is 3. The Kier molecular flexibility index (Phi) is 4.45. The van der Waals surface area contributed by atoms with Crippen molar-refractivity contribution in [3.63, 3.8) is 0 Å². The van der Waals surface area contributed by atoms with E-state index in [-0.39, 0.29) is 29.5 Å². The van der Waals surface area contributed by atoms with E-state index in [0.717, 1.165) is 30.5 Å². The summed E-state index contributed by atoms with van der Waals surface area (Å²) in [6.45, 7) is -0.181. The lowest BCUT2D eigenvalue weighted by Crippen LogP contribution is -2.44. The van der Waals surface area contributed by atoms with Crippen LogP contribution >= 0.6 is 0 Å². The fourth-order valence-corrected chi connectivity index (χ4v) is 3.41. The van der Waals surface area contributed by atoms with Crippen molar-refractivity contribution in [3.05, 3.63) is 63.7 Å². The van der Waals surface area contributed by atoms with Crippen molar-refractivity contribution in [2.45, 2.75) is 25.3 Å². The molecule has 1 aliphatic rings. The summed E-state index contributed by atoms with van der Waals surface area (Å²) in [6.07, 6.45) is 5.52. The summed E-state index contributed by atoms with van der Waals surface area (Å²) in [6, 6.07) is 6.98. The van der Waals surface area contributed by atoms with Crippen LogP contribution in [0.3, 0.4) is 0 Å². The maximum atomic E-state index is 12.4. The Hall–Kier alpha value is -3.42. The van der Waals surface area contributed by atoms with Gasteiger partial charge in [-0.3, -0.25) is 19.5 Å². The number of H-pyrrole nitrogens is 2. The van der Waals surface area contributed by atoms with Crippen molar-refractivity contribution in [1.82, 2.24) is 25.8 Å². The summed E-state index contributed by atoms with van der Waals surface area (Å²) in [4.78, 5) is 39.8. The van der Waals surface area contributed by atoms with E-state index in [0.29, 0.717) is 10.9 Å². The predicted octanol–water partition coefficient (Wildman–Crippen LogP) is 0.655. The van der Waals surface area contributed by atoms with Gasteiger partial charge in [-0.1, -0.05) is 12.1 Å². The number of para-hydroxylation sites is 1. The van der Waals surface area contributed by atoms with Gasteiger partial charge in [0, 0.05) is 28.8 Å². The molecule has 1 atom stereocenters. The van der Waals surface area contributed by atoms with E-state index in [4.69, 9.17) is 0 Å². The number of benzene rings is 1. The average Bonchev–Trinajstić information content (AvgIpc) is 3.14. The summed E-state index contributed by atoms with van der Waals surface area (Å²) in [5.41, 5.74) is 2.51. The Morgan fingerprint density at radius 3 is 3.00 bits per heavy atom. The molecule has 0 spiro atoms. The molecular weight excluding hydrogens is 346 g/mol. The molecule has 0 aliphatic heterocycles. The minimum atomic E-state index is -0.571. The average molecular weight is 365 g/mol. The number of aromatic amines is 2. The molecule has 4 rings (SSSR count). The molecule has 0 fully saturated rings. The van der Waals surface area contributed by atoms with Gasteiger partial charge < -0.3 is 15.6 Å². The minimum absolute atomic E-state index is 0.0118. The summed E-state index contributed by atoms with van der Waals surface area (Å²) >= 11 is 0. The number of nitrogens with one attached hydrogen (secondary N) is 4. The van der Waals surface area contributed by atoms with Crippen LogP contribution in [0.25, 0.3) is 10.9 Å². The van der Waals surface area contributed by atoms with Gasteiger partial charge in [0.1, 0.15) is 5.56 Å². The van der Waals surface area contributed by atoms with E-state index >= 15 is 0 Å². The Morgan fingerprint density at radius 2 is 2.11 bits per heavy atom. The van der Waals surface area contributed by atoms with Crippen molar-refractivity contribution in [3.8, 4) is 0 Å². The minimum Gasteiger partial charge on any atom is -0.360 e. The van der Waals surface area contributed by atoms with Gasteiger partial charge >= 0.3 is 0 Å². The molecular formula is C19H19N5O3. The number of rotatable bonds is 4. The van der Waals surface area contributed by atoms with Crippen LogP contribution < -0.4 is 16.1 Å². The van der Waals surface area contributed by atoms with E-state index in [2.05, 4.69) is 25.8 Å². The van der Waals surface area contributed by atoms with Crippen molar-refractivity contribution >= 4 is 22.7 Å². The van der Waals surface area contributed by atoms with Crippen molar-refractivity contribution in [1.29, 1.82) is 0 Å². The Balaban J connectivity index is 1.36. The molecule has 8 nitrogen and oxygen atoms in total. The molecule has 2 heterocycles. The largest absolute Gasteiger partial charge is 0.360 e. The molecule has 1 unspecified atom stereocenters. The summed E-state index contributed by atoms with van der Waals surface area (Å²) in [5, 5.41) is 12.8. The molecule has 1 aliphatic carbocycles. The second-order valence-corrected chi connectivity index (χ2v) is 6.64. The second-order valence-electron chi connectivity index (χ2n) is 6.64. The molecule has 0 radical (unpaired) electrons. The van der Waals surface area contributed by atoms with Gasteiger partial charge in [-0.25, -0.2) is 0 Å². The molecule has 4 N–H and O–H groups in total. The molecule has 1 aromatic carbocycles. The maximum Gasteiger partial charge on any atom is 0.257 e. The van der Waals surface area contributed by atoms with Gasteiger partial charge in [0.15, 0.2) is 0 Å². The van der Waals surface area contributed by atoms with Gasteiger partial charge in [-0.05, 0) is 37.0 Å². The molecule has 0 saturated heterocycles. The number of fused-ring (bicyclic) bond motifs is 2. The smallest absolute Gasteiger partial charge is 0.257 e.